The molecule has 0 radical (unpaired) electrons. The van der Waals surface area contributed by atoms with E-state index in [1.165, 1.54) is 19.3 Å². The molecule has 2 N–H and O–H groups in total. The van der Waals surface area contributed by atoms with Crippen LogP contribution < -0.4 is 10.6 Å². The van der Waals surface area contributed by atoms with Crippen LogP contribution in [-0.4, -0.2) is 44.2 Å². The van der Waals surface area contributed by atoms with Crippen LogP contribution in [0.5, 0.6) is 0 Å². The fourth-order valence-corrected chi connectivity index (χ4v) is 2.08. The largest absolute Gasteiger partial charge is 0.338 e. The molecule has 0 aromatic carbocycles. The van der Waals surface area contributed by atoms with Gasteiger partial charge in [-0.3, -0.25) is 0 Å². The summed E-state index contributed by atoms with van der Waals surface area (Å²) in [5.74, 6) is 0. The summed E-state index contributed by atoms with van der Waals surface area (Å²) in [4.78, 5) is 13.6. The minimum atomic E-state index is 0.00524. The fourth-order valence-electron chi connectivity index (χ4n) is 2.08. The number of urea groups is 1. The van der Waals surface area contributed by atoms with Crippen LogP contribution in [0.25, 0.3) is 0 Å². The lowest BCUT2D eigenvalue weighted by atomic mass is 9.96. The molecule has 1 aliphatic carbocycles. The molecule has 4 heteroatoms. The molecule has 0 saturated heterocycles. The van der Waals surface area contributed by atoms with E-state index in [0.717, 1.165) is 32.4 Å². The van der Waals surface area contributed by atoms with Crippen LogP contribution in [0.4, 0.5) is 4.79 Å². The SMILES string of the molecule is CN(C)CCCNC(=O)NC1CCCCC1. The molecule has 0 atom stereocenters. The van der Waals surface area contributed by atoms with Crippen molar-refractivity contribution in [3.8, 4) is 0 Å². The van der Waals surface area contributed by atoms with Crippen LogP contribution in [0.1, 0.15) is 38.5 Å². The molecule has 0 aromatic rings. The Labute approximate surface area is 98.8 Å². The molecule has 1 saturated carbocycles. The zero-order chi connectivity index (χ0) is 11.8. The quantitative estimate of drug-likeness (QED) is 0.700. The number of hydrogen-bond acceptors (Lipinski definition) is 2. The number of nitrogens with zero attached hydrogens (tertiary/aromatic N) is 1. The molecule has 0 heterocycles. The second-order valence-corrected chi connectivity index (χ2v) is 4.89. The first kappa shape index (κ1) is 13.3. The molecule has 0 unspecified atom stereocenters. The van der Waals surface area contributed by atoms with Crippen molar-refractivity contribution >= 4 is 6.03 Å². The Morgan fingerprint density at radius 2 is 1.94 bits per heavy atom. The highest BCUT2D eigenvalue weighted by molar-refractivity contribution is 5.74. The van der Waals surface area contributed by atoms with E-state index in [0.29, 0.717) is 6.04 Å². The molecule has 0 aliphatic heterocycles. The van der Waals surface area contributed by atoms with Crippen LogP contribution in [0, 0.1) is 0 Å². The van der Waals surface area contributed by atoms with Gasteiger partial charge < -0.3 is 15.5 Å². The molecular formula is C12H25N3O. The van der Waals surface area contributed by atoms with Crippen LogP contribution in [0.2, 0.25) is 0 Å². The molecule has 0 spiro atoms. The normalized spacial score (nSPS) is 17.4. The van der Waals surface area contributed by atoms with Gasteiger partial charge in [0.2, 0.25) is 0 Å². The van der Waals surface area contributed by atoms with Crippen molar-refractivity contribution in [2.24, 2.45) is 0 Å². The minimum absolute atomic E-state index is 0.00524. The van der Waals surface area contributed by atoms with Gasteiger partial charge in [0.15, 0.2) is 0 Å². The lowest BCUT2D eigenvalue weighted by molar-refractivity contribution is 0.232. The van der Waals surface area contributed by atoms with E-state index >= 15 is 0 Å². The molecule has 1 fully saturated rings. The summed E-state index contributed by atoms with van der Waals surface area (Å²) in [6.07, 6.45) is 7.13. The maximum absolute atomic E-state index is 11.5. The van der Waals surface area contributed by atoms with Gasteiger partial charge >= 0.3 is 6.03 Å². The first-order valence-electron chi connectivity index (χ1n) is 6.37. The highest BCUT2D eigenvalue weighted by Gasteiger charge is 2.14. The van der Waals surface area contributed by atoms with Gasteiger partial charge in [-0.05, 0) is 39.9 Å². The summed E-state index contributed by atoms with van der Waals surface area (Å²) < 4.78 is 0. The van der Waals surface area contributed by atoms with Gasteiger partial charge in [0, 0.05) is 12.6 Å². The van der Waals surface area contributed by atoms with E-state index < -0.39 is 0 Å². The van der Waals surface area contributed by atoms with Crippen molar-refractivity contribution in [2.75, 3.05) is 27.2 Å². The third-order valence-corrected chi connectivity index (χ3v) is 3.01. The summed E-state index contributed by atoms with van der Waals surface area (Å²) >= 11 is 0. The van der Waals surface area contributed by atoms with Crippen molar-refractivity contribution in [1.82, 2.24) is 15.5 Å². The van der Waals surface area contributed by atoms with Gasteiger partial charge in [0.05, 0.1) is 0 Å². The molecule has 1 aliphatic rings. The van der Waals surface area contributed by atoms with Gasteiger partial charge in [0.25, 0.3) is 0 Å². The second-order valence-electron chi connectivity index (χ2n) is 4.89. The summed E-state index contributed by atoms with van der Waals surface area (Å²) in [6, 6.07) is 0.410. The van der Waals surface area contributed by atoms with Crippen LogP contribution in [0.3, 0.4) is 0 Å². The fraction of sp³-hybridized carbons (Fsp3) is 0.917. The van der Waals surface area contributed by atoms with E-state index in [4.69, 9.17) is 0 Å². The number of carbonyl (C=O) groups is 1. The van der Waals surface area contributed by atoms with Gasteiger partial charge in [-0.2, -0.15) is 0 Å². The second kappa shape index (κ2) is 7.49. The van der Waals surface area contributed by atoms with Crippen LogP contribution in [0.15, 0.2) is 0 Å². The maximum atomic E-state index is 11.5. The highest BCUT2D eigenvalue weighted by Crippen LogP contribution is 2.16. The molecule has 0 bridgehead atoms. The lowest BCUT2D eigenvalue weighted by Gasteiger charge is -2.22. The summed E-state index contributed by atoms with van der Waals surface area (Å²) in [5, 5.41) is 5.95. The van der Waals surface area contributed by atoms with E-state index in [9.17, 15) is 4.79 Å². The molecule has 4 nitrogen and oxygen atoms in total. The average molecular weight is 227 g/mol. The minimum Gasteiger partial charge on any atom is -0.338 e. The third-order valence-electron chi connectivity index (χ3n) is 3.01. The number of rotatable bonds is 5. The Morgan fingerprint density at radius 3 is 2.56 bits per heavy atom. The predicted octanol–water partition coefficient (Wildman–Crippen LogP) is 1.57. The number of carbonyl (C=O) groups excluding carboxylic acids is 1. The smallest absolute Gasteiger partial charge is 0.315 e. The van der Waals surface area contributed by atoms with Gasteiger partial charge in [0.1, 0.15) is 0 Å². The van der Waals surface area contributed by atoms with E-state index in [2.05, 4.69) is 15.5 Å². The number of hydrogen-bond donors (Lipinski definition) is 2. The predicted molar refractivity (Wildman–Crippen MR) is 66.6 cm³/mol. The summed E-state index contributed by atoms with van der Waals surface area (Å²) in [7, 11) is 4.09. The Balaban J connectivity index is 2.01. The molecule has 0 aromatic heterocycles. The number of nitrogens with one attached hydrogen (secondary N) is 2. The summed E-state index contributed by atoms with van der Waals surface area (Å²) in [6.45, 7) is 1.78. The van der Waals surface area contributed by atoms with E-state index in [-0.39, 0.29) is 6.03 Å². The van der Waals surface area contributed by atoms with Crippen molar-refractivity contribution < 1.29 is 4.79 Å². The van der Waals surface area contributed by atoms with E-state index in [1.807, 2.05) is 14.1 Å². The Morgan fingerprint density at radius 1 is 1.25 bits per heavy atom. The van der Waals surface area contributed by atoms with Crippen LogP contribution >= 0.6 is 0 Å². The van der Waals surface area contributed by atoms with Crippen molar-refractivity contribution in [1.29, 1.82) is 0 Å². The van der Waals surface area contributed by atoms with Crippen molar-refractivity contribution in [3.63, 3.8) is 0 Å². The molecule has 94 valence electrons. The molecular weight excluding hydrogens is 202 g/mol. The van der Waals surface area contributed by atoms with Gasteiger partial charge in [-0.25, -0.2) is 4.79 Å². The van der Waals surface area contributed by atoms with E-state index in [1.54, 1.807) is 0 Å². The molecule has 16 heavy (non-hydrogen) atoms. The zero-order valence-electron chi connectivity index (χ0n) is 10.6. The summed E-state index contributed by atoms with van der Waals surface area (Å²) in [5.41, 5.74) is 0. The first-order chi connectivity index (χ1) is 7.68. The Hall–Kier alpha value is -0.770. The average Bonchev–Trinajstić information content (AvgIpc) is 2.25. The monoisotopic (exact) mass is 227 g/mol. The van der Waals surface area contributed by atoms with Gasteiger partial charge in [-0.15, -0.1) is 0 Å². The lowest BCUT2D eigenvalue weighted by Crippen LogP contribution is -2.43. The highest BCUT2D eigenvalue weighted by atomic mass is 16.2. The zero-order valence-corrected chi connectivity index (χ0v) is 10.6. The number of amides is 2. The van der Waals surface area contributed by atoms with Crippen molar-refractivity contribution in [2.45, 2.75) is 44.6 Å². The molecule has 1 rings (SSSR count). The van der Waals surface area contributed by atoms with Gasteiger partial charge in [-0.1, -0.05) is 19.3 Å². The first-order valence-corrected chi connectivity index (χ1v) is 6.37. The van der Waals surface area contributed by atoms with Crippen LogP contribution in [-0.2, 0) is 0 Å². The standard InChI is InChI=1S/C12H25N3O/c1-15(2)10-6-9-13-12(16)14-11-7-4-3-5-8-11/h11H,3-10H2,1-2H3,(H2,13,14,16). The molecule has 2 amide bonds. The topological polar surface area (TPSA) is 44.4 Å². The Bertz CT molecular complexity index is 200. The maximum Gasteiger partial charge on any atom is 0.315 e. The van der Waals surface area contributed by atoms with Crippen molar-refractivity contribution in [3.05, 3.63) is 0 Å². The third kappa shape index (κ3) is 5.95. The Kier molecular flexibility index (Phi) is 6.23.